The summed E-state index contributed by atoms with van der Waals surface area (Å²) < 4.78 is 20.1. The fourth-order valence-electron chi connectivity index (χ4n) is 9.49. The number of nitrogens with one attached hydrogen (secondary N) is 3. The summed E-state index contributed by atoms with van der Waals surface area (Å²) in [6, 6.07) is 25.9. The molecule has 0 radical (unpaired) electrons. The van der Waals surface area contributed by atoms with Crippen molar-refractivity contribution in [2.24, 2.45) is 14.1 Å². The number of hydrogen-bond acceptors (Lipinski definition) is 11. The van der Waals surface area contributed by atoms with Crippen LogP contribution in [-0.4, -0.2) is 121 Å². The van der Waals surface area contributed by atoms with Gasteiger partial charge in [-0.15, -0.1) is 0 Å². The molecule has 4 aliphatic rings. The zero-order chi connectivity index (χ0) is 49.1. The number of amides is 2. The van der Waals surface area contributed by atoms with E-state index in [0.29, 0.717) is 17.6 Å². The van der Waals surface area contributed by atoms with Gasteiger partial charge in [-0.3, -0.25) is 23.9 Å². The predicted molar refractivity (Wildman–Crippen MR) is 275 cm³/mol. The Balaban J connectivity index is 0.000000174. The molecule has 15 nitrogen and oxygen atoms in total. The molecule has 3 N–H and O–H groups in total. The summed E-state index contributed by atoms with van der Waals surface area (Å²) in [7, 11) is 7.11. The number of anilines is 2. The molecule has 4 fully saturated rings. The van der Waals surface area contributed by atoms with Crippen molar-refractivity contribution in [3.63, 3.8) is 0 Å². The van der Waals surface area contributed by atoms with Crippen LogP contribution in [0.1, 0.15) is 81.7 Å². The lowest BCUT2D eigenvalue weighted by atomic mass is 9.99. The van der Waals surface area contributed by atoms with Crippen molar-refractivity contribution in [2.75, 3.05) is 76.5 Å². The van der Waals surface area contributed by atoms with Crippen molar-refractivity contribution in [1.82, 2.24) is 40.4 Å². The Labute approximate surface area is 412 Å². The highest BCUT2D eigenvalue weighted by atomic mass is 16.5. The Morgan fingerprint density at radius 1 is 0.629 bits per heavy atom. The number of hydrogen-bond donors (Lipinski definition) is 3. The van der Waals surface area contributed by atoms with Gasteiger partial charge in [-0.2, -0.15) is 10.2 Å². The van der Waals surface area contributed by atoms with Gasteiger partial charge in [0, 0.05) is 118 Å². The van der Waals surface area contributed by atoms with E-state index in [1.54, 1.807) is 23.6 Å². The number of carbonyl (C=O) groups is 2. The Kier molecular flexibility index (Phi) is 14.6. The highest BCUT2D eigenvalue weighted by Crippen LogP contribution is 2.33. The normalized spacial score (nSPS) is 17.1. The Bertz CT molecular complexity index is 2800. The van der Waals surface area contributed by atoms with Gasteiger partial charge in [-0.1, -0.05) is 12.1 Å². The lowest BCUT2D eigenvalue weighted by molar-refractivity contribution is 0.0105. The summed E-state index contributed by atoms with van der Waals surface area (Å²) in [6.07, 6.45) is 10.2. The molecule has 15 heteroatoms. The molecule has 368 valence electrons. The smallest absolute Gasteiger partial charge is 0.252 e. The maximum Gasteiger partial charge on any atom is 0.252 e. The summed E-state index contributed by atoms with van der Waals surface area (Å²) in [5.41, 5.74) is 11.6. The van der Waals surface area contributed by atoms with Crippen molar-refractivity contribution >= 4 is 23.2 Å². The number of nitrogens with zero attached hydrogens (tertiary/aromatic N) is 7. The second-order valence-electron chi connectivity index (χ2n) is 19.4. The SMILES string of the molecule is COc1cc(-c2cnn(C)c2)cc(C(C)NC(=O)c2cc(N3CC(N4CCOCC4)C3)ccc2C)c1.COc1cc(-c2cnn(C)c2)cc(C(C)NC(=O)c2cc(N3CC(NC4CC4)C3)ccc2C)c1. The first-order valence-electron chi connectivity index (χ1n) is 24.6. The average molecular weight is 949 g/mol. The first-order chi connectivity index (χ1) is 33.8. The molecule has 0 bridgehead atoms. The van der Waals surface area contributed by atoms with Crippen LogP contribution in [0.4, 0.5) is 11.4 Å². The molecule has 3 aliphatic heterocycles. The number of morpholine rings is 1. The monoisotopic (exact) mass is 949 g/mol. The minimum Gasteiger partial charge on any atom is -0.497 e. The molecule has 5 heterocycles. The van der Waals surface area contributed by atoms with Gasteiger partial charge in [0.05, 0.1) is 51.9 Å². The van der Waals surface area contributed by atoms with Crippen LogP contribution in [0.2, 0.25) is 0 Å². The van der Waals surface area contributed by atoms with Gasteiger partial charge >= 0.3 is 0 Å². The van der Waals surface area contributed by atoms with E-state index in [2.05, 4.69) is 65.1 Å². The quantitative estimate of drug-likeness (QED) is 0.0959. The van der Waals surface area contributed by atoms with E-state index < -0.39 is 0 Å². The van der Waals surface area contributed by atoms with Gasteiger partial charge in [0.2, 0.25) is 0 Å². The van der Waals surface area contributed by atoms with Crippen molar-refractivity contribution < 1.29 is 23.8 Å². The van der Waals surface area contributed by atoms with Crippen molar-refractivity contribution in [2.45, 2.75) is 70.7 Å². The Morgan fingerprint density at radius 2 is 1.10 bits per heavy atom. The Hall–Kier alpha value is -6.68. The molecule has 70 heavy (non-hydrogen) atoms. The van der Waals surface area contributed by atoms with Crippen molar-refractivity contribution in [1.29, 1.82) is 0 Å². The standard InChI is InChI=1S/C28H35N5O3.C27H33N5O2/c1-19-5-6-24(33-17-25(18-33)32-7-9-36-10-8-32)14-27(19)28(34)30-20(2)21-11-22(13-26(12-21)35-4)23-15-29-31(3)16-23;1-17-5-8-24(32-15-23(16-32)30-22-6-7-22)12-26(17)27(33)29-18(2)19-9-20(11-25(10-19)34-4)21-13-28-31(3)14-21/h5-6,11-16,20,25H,7-10,17-18H2,1-4H3,(H,30,34);5,8-14,18,22-23,30H,6-7,15-16H2,1-4H3,(H,29,33). The third kappa shape index (κ3) is 11.3. The maximum atomic E-state index is 13.4. The lowest BCUT2D eigenvalue weighted by Gasteiger charge is -2.47. The molecular weight excluding hydrogens is 881 g/mol. The summed E-state index contributed by atoms with van der Waals surface area (Å²) in [4.78, 5) is 33.8. The number of ether oxygens (including phenoxy) is 3. The molecule has 2 amide bonds. The fraction of sp³-hybridized carbons (Fsp3) is 0.418. The van der Waals surface area contributed by atoms with Crippen LogP contribution >= 0.6 is 0 Å². The summed E-state index contributed by atoms with van der Waals surface area (Å²) in [5.74, 6) is 1.37. The van der Waals surface area contributed by atoms with Crippen molar-refractivity contribution in [3.05, 3.63) is 131 Å². The van der Waals surface area contributed by atoms with Crippen LogP contribution in [0, 0.1) is 13.8 Å². The summed E-state index contributed by atoms with van der Waals surface area (Å²) in [5, 5.41) is 18.6. The van der Waals surface area contributed by atoms with Gasteiger partial charge < -0.3 is 40.0 Å². The molecular formula is C55H68N10O5. The van der Waals surface area contributed by atoms with Crippen molar-refractivity contribution in [3.8, 4) is 33.8 Å². The largest absolute Gasteiger partial charge is 0.497 e. The van der Waals surface area contributed by atoms with E-state index in [4.69, 9.17) is 14.2 Å². The molecule has 10 rings (SSSR count). The van der Waals surface area contributed by atoms with Crippen LogP contribution in [0.3, 0.4) is 0 Å². The van der Waals surface area contributed by atoms with Crippen LogP contribution in [0.25, 0.3) is 22.3 Å². The zero-order valence-electron chi connectivity index (χ0n) is 41.9. The third-order valence-electron chi connectivity index (χ3n) is 14.1. The number of rotatable bonds is 15. The predicted octanol–water partition coefficient (Wildman–Crippen LogP) is 7.25. The van der Waals surface area contributed by atoms with Gasteiger partial charge in [0.1, 0.15) is 11.5 Å². The topological polar surface area (TPSA) is 143 Å². The number of aryl methyl sites for hydroxylation is 4. The van der Waals surface area contributed by atoms with Crippen LogP contribution in [-0.2, 0) is 18.8 Å². The first-order valence-corrected chi connectivity index (χ1v) is 24.6. The number of aromatic nitrogens is 4. The van der Waals surface area contributed by atoms with Gasteiger partial charge in [-0.05, 0) is 135 Å². The first kappa shape index (κ1) is 48.3. The molecule has 2 unspecified atom stereocenters. The van der Waals surface area contributed by atoms with E-state index >= 15 is 0 Å². The van der Waals surface area contributed by atoms with E-state index in [-0.39, 0.29) is 23.9 Å². The minimum atomic E-state index is -0.194. The van der Waals surface area contributed by atoms with E-state index in [0.717, 1.165) is 131 Å². The van der Waals surface area contributed by atoms with Crippen LogP contribution in [0.5, 0.6) is 11.5 Å². The van der Waals surface area contributed by atoms with E-state index in [1.807, 2.05) is 115 Å². The molecule has 3 saturated heterocycles. The third-order valence-corrected chi connectivity index (χ3v) is 14.1. The number of benzene rings is 4. The van der Waals surface area contributed by atoms with Gasteiger partial charge in [0.15, 0.2) is 0 Å². The summed E-state index contributed by atoms with van der Waals surface area (Å²) >= 11 is 0. The van der Waals surface area contributed by atoms with E-state index in [9.17, 15) is 9.59 Å². The highest BCUT2D eigenvalue weighted by Gasteiger charge is 2.34. The fourth-order valence-corrected chi connectivity index (χ4v) is 9.49. The van der Waals surface area contributed by atoms with Gasteiger partial charge in [0.25, 0.3) is 11.8 Å². The number of carbonyl (C=O) groups excluding carboxylic acids is 2. The van der Waals surface area contributed by atoms with Gasteiger partial charge in [-0.25, -0.2) is 0 Å². The molecule has 0 spiro atoms. The van der Waals surface area contributed by atoms with Crippen LogP contribution < -0.4 is 35.2 Å². The minimum absolute atomic E-state index is 0.0641. The number of methoxy groups -OCH3 is 2. The van der Waals surface area contributed by atoms with Crippen LogP contribution in [0.15, 0.2) is 97.6 Å². The molecule has 6 aromatic rings. The second-order valence-corrected chi connectivity index (χ2v) is 19.4. The second kappa shape index (κ2) is 21.1. The molecule has 2 atom stereocenters. The summed E-state index contributed by atoms with van der Waals surface area (Å²) in [6.45, 7) is 15.6. The molecule has 1 aliphatic carbocycles. The van der Waals surface area contributed by atoms with E-state index in [1.165, 1.54) is 12.8 Å². The average Bonchev–Trinajstić information content (AvgIpc) is 3.89. The molecule has 2 aromatic heterocycles. The molecule has 1 saturated carbocycles. The maximum absolute atomic E-state index is 13.4. The Morgan fingerprint density at radius 3 is 1.53 bits per heavy atom. The molecule has 4 aromatic carbocycles. The zero-order valence-corrected chi connectivity index (χ0v) is 41.9. The lowest BCUT2D eigenvalue weighted by Crippen LogP contribution is -2.61. The highest BCUT2D eigenvalue weighted by molar-refractivity contribution is 5.97.